The van der Waals surface area contributed by atoms with Crippen molar-refractivity contribution in [3.8, 4) is 0 Å². The molecule has 0 aliphatic carbocycles. The van der Waals surface area contributed by atoms with Crippen molar-refractivity contribution in [2.45, 2.75) is 26.1 Å². The summed E-state index contributed by atoms with van der Waals surface area (Å²) in [5.41, 5.74) is 2.48. The van der Waals surface area contributed by atoms with Crippen LogP contribution in [0.4, 0.5) is 4.79 Å². The molecule has 130 valence electrons. The van der Waals surface area contributed by atoms with E-state index in [0.29, 0.717) is 26.2 Å². The minimum absolute atomic E-state index is 0.0255. The van der Waals surface area contributed by atoms with Gasteiger partial charge in [-0.15, -0.1) is 0 Å². The number of urea groups is 1. The summed E-state index contributed by atoms with van der Waals surface area (Å²) in [5.74, 6) is 0.818. The Morgan fingerprint density at radius 2 is 1.88 bits per heavy atom. The number of carbonyl (C=O) groups is 2. The Kier molecular flexibility index (Phi) is 4.13. The fraction of sp³-hybridized carbons (Fsp3) is 0.389. The summed E-state index contributed by atoms with van der Waals surface area (Å²) in [5, 5.41) is 2.77. The number of carbonyl (C=O) groups excluding carboxylic acids is 2. The number of nitrogens with zero attached hydrogens (tertiary/aromatic N) is 4. The molecule has 4 rings (SSSR count). The van der Waals surface area contributed by atoms with Crippen molar-refractivity contribution in [1.29, 1.82) is 0 Å². The van der Waals surface area contributed by atoms with Gasteiger partial charge in [-0.05, 0) is 17.5 Å². The van der Waals surface area contributed by atoms with Crippen LogP contribution in [0.5, 0.6) is 0 Å². The first kappa shape index (κ1) is 15.7. The highest BCUT2D eigenvalue weighted by Gasteiger charge is 2.24. The molecule has 2 aliphatic heterocycles. The minimum atomic E-state index is -0.179. The van der Waals surface area contributed by atoms with Crippen LogP contribution in [0.3, 0.4) is 0 Å². The molecule has 2 aliphatic rings. The number of hydrogen-bond donors (Lipinski definition) is 1. The lowest BCUT2D eigenvalue weighted by Gasteiger charge is -2.30. The lowest BCUT2D eigenvalue weighted by Crippen LogP contribution is -2.48. The molecule has 0 radical (unpaired) electrons. The quantitative estimate of drug-likeness (QED) is 0.887. The Bertz CT molecular complexity index is 800. The lowest BCUT2D eigenvalue weighted by atomic mass is 10.0. The van der Waals surface area contributed by atoms with Gasteiger partial charge in [0.2, 0.25) is 5.91 Å². The Morgan fingerprint density at radius 3 is 2.76 bits per heavy atom. The van der Waals surface area contributed by atoms with E-state index in [1.54, 1.807) is 16.0 Å². The van der Waals surface area contributed by atoms with Crippen molar-refractivity contribution < 1.29 is 9.59 Å². The van der Waals surface area contributed by atoms with E-state index in [2.05, 4.69) is 22.4 Å². The number of fused-ring (bicyclic) bond motifs is 2. The van der Waals surface area contributed by atoms with Gasteiger partial charge in [-0.1, -0.05) is 24.3 Å². The molecular formula is C18H21N5O2. The SMILES string of the molecule is O=C(CNC(=O)N1CCc2ccccc2C1)N1CCn2ccnc2C1. The van der Waals surface area contributed by atoms with Gasteiger partial charge in [0, 0.05) is 38.6 Å². The van der Waals surface area contributed by atoms with Crippen LogP contribution in [0.2, 0.25) is 0 Å². The van der Waals surface area contributed by atoms with Gasteiger partial charge < -0.3 is 19.7 Å². The molecule has 3 heterocycles. The molecule has 7 nitrogen and oxygen atoms in total. The van der Waals surface area contributed by atoms with Crippen LogP contribution < -0.4 is 5.32 Å². The summed E-state index contributed by atoms with van der Waals surface area (Å²) in [6, 6.07) is 7.99. The van der Waals surface area contributed by atoms with Crippen molar-refractivity contribution in [3.05, 3.63) is 53.6 Å². The molecule has 7 heteroatoms. The average Bonchev–Trinajstić information content (AvgIpc) is 3.13. The molecule has 1 N–H and O–H groups in total. The van der Waals surface area contributed by atoms with E-state index in [-0.39, 0.29) is 18.5 Å². The number of rotatable bonds is 2. The van der Waals surface area contributed by atoms with E-state index < -0.39 is 0 Å². The minimum Gasteiger partial charge on any atom is -0.332 e. The second kappa shape index (κ2) is 6.58. The molecule has 1 aromatic heterocycles. The van der Waals surface area contributed by atoms with Crippen LogP contribution in [0.15, 0.2) is 36.7 Å². The summed E-state index contributed by atoms with van der Waals surface area (Å²) < 4.78 is 2.05. The maximum atomic E-state index is 12.4. The first-order valence-corrected chi connectivity index (χ1v) is 8.58. The van der Waals surface area contributed by atoms with Crippen molar-refractivity contribution in [2.24, 2.45) is 0 Å². The summed E-state index contributed by atoms with van der Waals surface area (Å²) in [6.07, 6.45) is 4.53. The number of amides is 3. The van der Waals surface area contributed by atoms with E-state index in [0.717, 1.165) is 18.8 Å². The van der Waals surface area contributed by atoms with Gasteiger partial charge in [-0.25, -0.2) is 9.78 Å². The standard InChI is InChI=1S/C18H21N5O2/c24-17(22-10-9-21-8-6-19-16(21)13-22)11-20-18(25)23-7-5-14-3-1-2-4-15(14)12-23/h1-4,6,8H,5,7,9-13H2,(H,20,25). The Morgan fingerprint density at radius 1 is 1.04 bits per heavy atom. The van der Waals surface area contributed by atoms with E-state index in [1.165, 1.54) is 11.1 Å². The molecule has 25 heavy (non-hydrogen) atoms. The zero-order valence-corrected chi connectivity index (χ0v) is 14.0. The topological polar surface area (TPSA) is 70.5 Å². The van der Waals surface area contributed by atoms with Crippen LogP contribution in [-0.2, 0) is 30.8 Å². The summed E-state index contributed by atoms with van der Waals surface area (Å²) >= 11 is 0. The highest BCUT2D eigenvalue weighted by atomic mass is 16.2. The van der Waals surface area contributed by atoms with Gasteiger partial charge in [-0.3, -0.25) is 4.79 Å². The Labute approximate surface area is 146 Å². The van der Waals surface area contributed by atoms with Gasteiger partial charge in [0.15, 0.2) is 0 Å². The first-order chi connectivity index (χ1) is 12.2. The lowest BCUT2D eigenvalue weighted by molar-refractivity contribution is -0.131. The molecule has 0 atom stereocenters. The zero-order valence-electron chi connectivity index (χ0n) is 14.0. The van der Waals surface area contributed by atoms with Crippen molar-refractivity contribution in [3.63, 3.8) is 0 Å². The number of benzene rings is 1. The fourth-order valence-corrected chi connectivity index (χ4v) is 3.43. The maximum absolute atomic E-state index is 12.4. The van der Waals surface area contributed by atoms with Crippen LogP contribution >= 0.6 is 0 Å². The summed E-state index contributed by atoms with van der Waals surface area (Å²) in [4.78, 5) is 32.5. The molecule has 0 spiro atoms. The van der Waals surface area contributed by atoms with E-state index >= 15 is 0 Å². The largest absolute Gasteiger partial charge is 0.332 e. The van der Waals surface area contributed by atoms with Crippen LogP contribution in [-0.4, -0.2) is 50.9 Å². The normalized spacial score (nSPS) is 16.2. The fourth-order valence-electron chi connectivity index (χ4n) is 3.43. The number of nitrogens with one attached hydrogen (secondary N) is 1. The van der Waals surface area contributed by atoms with Gasteiger partial charge in [-0.2, -0.15) is 0 Å². The van der Waals surface area contributed by atoms with E-state index in [9.17, 15) is 9.59 Å². The highest BCUT2D eigenvalue weighted by Crippen LogP contribution is 2.18. The second-order valence-electron chi connectivity index (χ2n) is 6.45. The molecule has 3 amide bonds. The summed E-state index contributed by atoms with van der Waals surface area (Å²) in [6.45, 7) is 3.19. The van der Waals surface area contributed by atoms with Crippen molar-refractivity contribution in [2.75, 3.05) is 19.6 Å². The number of aromatic nitrogens is 2. The van der Waals surface area contributed by atoms with Gasteiger partial charge in [0.05, 0.1) is 13.1 Å². The van der Waals surface area contributed by atoms with Crippen LogP contribution in [0.1, 0.15) is 17.0 Å². The van der Waals surface area contributed by atoms with Crippen molar-refractivity contribution >= 4 is 11.9 Å². The molecule has 1 aromatic carbocycles. The molecule has 0 saturated carbocycles. The number of imidazole rings is 1. The molecule has 0 saturated heterocycles. The monoisotopic (exact) mass is 339 g/mol. The zero-order chi connectivity index (χ0) is 17.2. The highest BCUT2D eigenvalue weighted by molar-refractivity contribution is 5.84. The molecule has 0 fully saturated rings. The predicted octanol–water partition coefficient (Wildman–Crippen LogP) is 0.993. The van der Waals surface area contributed by atoms with Gasteiger partial charge >= 0.3 is 6.03 Å². The second-order valence-corrected chi connectivity index (χ2v) is 6.45. The third-order valence-electron chi connectivity index (χ3n) is 4.91. The van der Waals surface area contributed by atoms with Gasteiger partial charge in [0.1, 0.15) is 5.82 Å². The Hall–Kier alpha value is -2.83. The maximum Gasteiger partial charge on any atom is 0.318 e. The van der Waals surface area contributed by atoms with E-state index in [4.69, 9.17) is 0 Å². The van der Waals surface area contributed by atoms with Crippen LogP contribution in [0.25, 0.3) is 0 Å². The van der Waals surface area contributed by atoms with Gasteiger partial charge in [0.25, 0.3) is 0 Å². The molecule has 2 aromatic rings. The molecular weight excluding hydrogens is 318 g/mol. The first-order valence-electron chi connectivity index (χ1n) is 8.58. The molecule has 0 bridgehead atoms. The third-order valence-corrected chi connectivity index (χ3v) is 4.91. The van der Waals surface area contributed by atoms with Crippen molar-refractivity contribution in [1.82, 2.24) is 24.7 Å². The smallest absolute Gasteiger partial charge is 0.318 e. The average molecular weight is 339 g/mol. The van der Waals surface area contributed by atoms with Crippen LogP contribution in [0, 0.1) is 0 Å². The summed E-state index contributed by atoms with van der Waals surface area (Å²) in [7, 11) is 0. The number of hydrogen-bond acceptors (Lipinski definition) is 3. The van der Waals surface area contributed by atoms with E-state index in [1.807, 2.05) is 22.9 Å². The Balaban J connectivity index is 1.30. The molecule has 0 unspecified atom stereocenters. The third kappa shape index (κ3) is 3.22. The predicted molar refractivity (Wildman–Crippen MR) is 91.6 cm³/mol.